The fraction of sp³-hybridized carbons (Fsp3) is 0.480. The highest BCUT2D eigenvalue weighted by atomic mass is 16.8. The molecule has 7 heteroatoms. The van der Waals surface area contributed by atoms with Crippen molar-refractivity contribution in [2.45, 2.75) is 69.0 Å². The SMILES string of the molecule is C[C@@]12CCC(=O)N1[C@H]1[C@H](OCc3ccccc3)O[C@@H]3CO[C@@H](c4ccccc4)O[C@H]3[C@H]1O2. The van der Waals surface area contributed by atoms with Crippen molar-refractivity contribution in [3.63, 3.8) is 0 Å². The summed E-state index contributed by atoms with van der Waals surface area (Å²) in [4.78, 5) is 14.7. The lowest BCUT2D eigenvalue weighted by Gasteiger charge is -2.47. The van der Waals surface area contributed by atoms with Crippen molar-refractivity contribution in [2.24, 2.45) is 0 Å². The van der Waals surface area contributed by atoms with Crippen LogP contribution in [0, 0.1) is 0 Å². The largest absolute Gasteiger partial charge is 0.347 e. The Hall–Kier alpha value is -2.29. The number of amides is 1. The average molecular weight is 437 g/mol. The van der Waals surface area contributed by atoms with E-state index in [0.29, 0.717) is 26.1 Å². The van der Waals surface area contributed by atoms with Crippen molar-refractivity contribution in [2.75, 3.05) is 6.61 Å². The molecule has 2 aromatic rings. The standard InChI is InChI=1S/C25H27NO6/c1-25-13-12-19(27)26(25)20-22(32-25)21-18(15-29-23(31-21)17-10-6-3-7-11-17)30-24(20)28-14-16-8-4-2-5-9-16/h2-11,18,20-24H,12-15H2,1H3/t18-,20-,21-,22+,23-,24-,25-/m1/s1. The van der Waals surface area contributed by atoms with Crippen molar-refractivity contribution in [3.8, 4) is 0 Å². The number of hydrogen-bond acceptors (Lipinski definition) is 6. The lowest BCUT2D eigenvalue weighted by Crippen LogP contribution is -2.64. The van der Waals surface area contributed by atoms with Crippen LogP contribution in [-0.2, 0) is 35.1 Å². The maximum atomic E-state index is 12.9. The van der Waals surface area contributed by atoms with Gasteiger partial charge in [-0.25, -0.2) is 0 Å². The molecule has 32 heavy (non-hydrogen) atoms. The molecule has 0 N–H and O–H groups in total. The third-order valence-corrected chi connectivity index (χ3v) is 6.91. The molecule has 168 valence electrons. The molecule has 7 atom stereocenters. The predicted octanol–water partition coefficient (Wildman–Crippen LogP) is 3.15. The van der Waals surface area contributed by atoms with Gasteiger partial charge in [0, 0.05) is 18.4 Å². The molecule has 4 saturated heterocycles. The third-order valence-electron chi connectivity index (χ3n) is 6.91. The first-order valence-electron chi connectivity index (χ1n) is 11.3. The van der Waals surface area contributed by atoms with E-state index in [9.17, 15) is 4.79 Å². The molecular weight excluding hydrogens is 410 g/mol. The van der Waals surface area contributed by atoms with E-state index in [1.807, 2.05) is 72.5 Å². The quantitative estimate of drug-likeness (QED) is 0.732. The van der Waals surface area contributed by atoms with E-state index < -0.39 is 18.3 Å². The molecule has 0 bridgehead atoms. The maximum Gasteiger partial charge on any atom is 0.225 e. The molecule has 0 unspecified atom stereocenters. The zero-order chi connectivity index (χ0) is 21.7. The molecule has 7 nitrogen and oxygen atoms in total. The second-order valence-electron chi connectivity index (χ2n) is 9.03. The number of nitrogens with zero attached hydrogens (tertiary/aromatic N) is 1. The van der Waals surface area contributed by atoms with Crippen LogP contribution in [0.4, 0.5) is 0 Å². The molecule has 4 aliphatic heterocycles. The molecule has 1 amide bonds. The highest BCUT2D eigenvalue weighted by Gasteiger charge is 2.65. The van der Waals surface area contributed by atoms with Crippen molar-refractivity contribution < 1.29 is 28.5 Å². The van der Waals surface area contributed by atoms with Crippen LogP contribution in [0.3, 0.4) is 0 Å². The van der Waals surface area contributed by atoms with Gasteiger partial charge >= 0.3 is 0 Å². The first-order valence-corrected chi connectivity index (χ1v) is 11.3. The Bertz CT molecular complexity index is 971. The number of rotatable bonds is 4. The Balaban J connectivity index is 1.28. The van der Waals surface area contributed by atoms with Crippen LogP contribution >= 0.6 is 0 Å². The van der Waals surface area contributed by atoms with Gasteiger partial charge in [0.05, 0.1) is 13.2 Å². The van der Waals surface area contributed by atoms with Crippen molar-refractivity contribution in [1.82, 2.24) is 4.90 Å². The molecule has 0 aromatic heterocycles. The highest BCUT2D eigenvalue weighted by molar-refractivity contribution is 5.80. The number of ether oxygens (including phenoxy) is 5. The van der Waals surface area contributed by atoms with Crippen molar-refractivity contribution in [1.29, 1.82) is 0 Å². The molecule has 0 aliphatic carbocycles. The van der Waals surface area contributed by atoms with E-state index in [-0.39, 0.29) is 30.3 Å². The summed E-state index contributed by atoms with van der Waals surface area (Å²) in [5, 5.41) is 0. The lowest BCUT2D eigenvalue weighted by molar-refractivity contribution is -0.344. The third kappa shape index (κ3) is 3.36. The molecule has 0 radical (unpaired) electrons. The molecule has 4 heterocycles. The van der Waals surface area contributed by atoms with Crippen LogP contribution in [0.2, 0.25) is 0 Å². The van der Waals surface area contributed by atoms with Crippen LogP contribution in [0.5, 0.6) is 0 Å². The monoisotopic (exact) mass is 437 g/mol. The van der Waals surface area contributed by atoms with Crippen molar-refractivity contribution >= 4 is 5.91 Å². The molecule has 4 fully saturated rings. The Morgan fingerprint density at radius 1 is 1.03 bits per heavy atom. The summed E-state index contributed by atoms with van der Waals surface area (Å²) in [6, 6.07) is 19.4. The predicted molar refractivity (Wildman–Crippen MR) is 113 cm³/mol. The molecule has 4 aliphatic rings. The Morgan fingerprint density at radius 2 is 1.78 bits per heavy atom. The van der Waals surface area contributed by atoms with Gasteiger partial charge in [-0.05, 0) is 12.5 Å². The normalized spacial score (nSPS) is 38.3. The summed E-state index contributed by atoms with van der Waals surface area (Å²) in [6.07, 6.45) is -1.03. The molecule has 6 rings (SSSR count). The van der Waals surface area contributed by atoms with Crippen LogP contribution in [0.15, 0.2) is 60.7 Å². The molecule has 2 aromatic carbocycles. The summed E-state index contributed by atoms with van der Waals surface area (Å²) < 4.78 is 31.5. The topological polar surface area (TPSA) is 66.5 Å². The number of carbonyl (C=O) groups excluding carboxylic acids is 1. The summed E-state index contributed by atoms with van der Waals surface area (Å²) in [5.74, 6) is 0.0713. The van der Waals surface area contributed by atoms with Gasteiger partial charge in [0.1, 0.15) is 30.1 Å². The van der Waals surface area contributed by atoms with Gasteiger partial charge in [-0.1, -0.05) is 60.7 Å². The van der Waals surface area contributed by atoms with E-state index in [0.717, 1.165) is 11.1 Å². The summed E-state index contributed by atoms with van der Waals surface area (Å²) in [7, 11) is 0. The number of carbonyl (C=O) groups is 1. The smallest absolute Gasteiger partial charge is 0.225 e. The summed E-state index contributed by atoms with van der Waals surface area (Å²) in [6.45, 7) is 2.74. The zero-order valence-corrected chi connectivity index (χ0v) is 18.0. The minimum Gasteiger partial charge on any atom is -0.347 e. The summed E-state index contributed by atoms with van der Waals surface area (Å²) in [5.41, 5.74) is 1.33. The lowest BCUT2D eigenvalue weighted by atomic mass is 9.95. The Labute approximate surface area is 187 Å². The minimum atomic E-state index is -0.664. The zero-order valence-electron chi connectivity index (χ0n) is 18.0. The fourth-order valence-electron chi connectivity index (χ4n) is 5.37. The Kier molecular flexibility index (Phi) is 5.04. The van der Waals surface area contributed by atoms with Crippen LogP contribution in [0.1, 0.15) is 37.2 Å². The van der Waals surface area contributed by atoms with Crippen LogP contribution in [0.25, 0.3) is 0 Å². The van der Waals surface area contributed by atoms with Gasteiger partial charge in [-0.15, -0.1) is 0 Å². The van der Waals surface area contributed by atoms with Crippen LogP contribution < -0.4 is 0 Å². The van der Waals surface area contributed by atoms with Crippen LogP contribution in [-0.4, -0.2) is 53.8 Å². The van der Waals surface area contributed by atoms with Gasteiger partial charge in [0.15, 0.2) is 12.6 Å². The first-order chi connectivity index (χ1) is 15.6. The maximum absolute atomic E-state index is 12.9. The van der Waals surface area contributed by atoms with Gasteiger partial charge in [-0.2, -0.15) is 0 Å². The number of benzene rings is 2. The number of hydrogen-bond donors (Lipinski definition) is 0. The van der Waals surface area contributed by atoms with E-state index in [4.69, 9.17) is 23.7 Å². The molecule has 0 spiro atoms. The van der Waals surface area contributed by atoms with E-state index in [2.05, 4.69) is 0 Å². The van der Waals surface area contributed by atoms with E-state index >= 15 is 0 Å². The van der Waals surface area contributed by atoms with E-state index in [1.54, 1.807) is 0 Å². The first kappa shape index (κ1) is 20.3. The average Bonchev–Trinajstić information content (AvgIpc) is 3.31. The van der Waals surface area contributed by atoms with Gasteiger partial charge in [0.25, 0.3) is 0 Å². The van der Waals surface area contributed by atoms with Crippen molar-refractivity contribution in [3.05, 3.63) is 71.8 Å². The highest BCUT2D eigenvalue weighted by Crippen LogP contribution is 2.48. The summed E-state index contributed by atoms with van der Waals surface area (Å²) >= 11 is 0. The second-order valence-corrected chi connectivity index (χ2v) is 9.03. The fourth-order valence-corrected chi connectivity index (χ4v) is 5.37. The second kappa shape index (κ2) is 7.93. The minimum absolute atomic E-state index is 0.0713. The van der Waals surface area contributed by atoms with Gasteiger partial charge in [0.2, 0.25) is 5.91 Å². The molecular formula is C25H27NO6. The Morgan fingerprint density at radius 3 is 2.56 bits per heavy atom. The van der Waals surface area contributed by atoms with Gasteiger partial charge < -0.3 is 28.6 Å². The molecule has 0 saturated carbocycles. The van der Waals surface area contributed by atoms with E-state index in [1.165, 1.54) is 0 Å². The number of fused-ring (bicyclic) bond motifs is 5. The van der Waals surface area contributed by atoms with Gasteiger partial charge in [-0.3, -0.25) is 4.79 Å².